The zero-order chi connectivity index (χ0) is 22.1. The fourth-order valence-electron chi connectivity index (χ4n) is 3.98. The molecule has 0 saturated carbocycles. The first-order valence-corrected chi connectivity index (χ1v) is 9.84. The summed E-state index contributed by atoms with van der Waals surface area (Å²) < 4.78 is 11.3. The van der Waals surface area contributed by atoms with Crippen molar-refractivity contribution >= 4 is 11.6 Å². The molecule has 0 radical (unpaired) electrons. The number of ketones is 2. The van der Waals surface area contributed by atoms with Gasteiger partial charge in [-0.1, -0.05) is 26.0 Å². The normalized spacial score (nSPS) is 20.8. The maximum Gasteiger partial charge on any atom is 0.291 e. The fraction of sp³-hybridized carbons (Fsp3) is 0.458. The van der Waals surface area contributed by atoms with Crippen LogP contribution in [0.2, 0.25) is 0 Å². The Morgan fingerprint density at radius 3 is 2.41 bits per heavy atom. The van der Waals surface area contributed by atoms with Crippen LogP contribution in [0, 0.1) is 19.8 Å². The van der Waals surface area contributed by atoms with Crippen LogP contribution in [0.25, 0.3) is 0 Å². The van der Waals surface area contributed by atoms with Gasteiger partial charge in [0, 0.05) is 17.9 Å². The Hall–Kier alpha value is -2.69. The Balaban J connectivity index is 2.76. The first-order chi connectivity index (χ1) is 13.5. The van der Waals surface area contributed by atoms with Gasteiger partial charge in [0.15, 0.2) is 11.2 Å². The lowest BCUT2D eigenvalue weighted by atomic mass is 9.70. The average molecular weight is 398 g/mol. The molecular formula is C24H30O5. The van der Waals surface area contributed by atoms with Gasteiger partial charge in [-0.3, -0.25) is 14.4 Å². The van der Waals surface area contributed by atoms with Crippen molar-refractivity contribution in [3.05, 3.63) is 62.1 Å². The van der Waals surface area contributed by atoms with Crippen molar-refractivity contribution in [2.75, 3.05) is 7.11 Å². The molecule has 1 heterocycles. The zero-order valence-electron chi connectivity index (χ0n) is 18.6. The minimum atomic E-state index is -0.849. The first-order valence-electron chi connectivity index (χ1n) is 9.84. The third kappa shape index (κ3) is 4.04. The number of allylic oxidation sites excluding steroid dienone is 6. The van der Waals surface area contributed by atoms with Gasteiger partial charge in [0.05, 0.1) is 18.1 Å². The number of carbonyl (C=O) groups excluding carboxylic acids is 2. The summed E-state index contributed by atoms with van der Waals surface area (Å²) in [5, 5.41) is 0. The molecule has 0 aliphatic heterocycles. The van der Waals surface area contributed by atoms with Crippen molar-refractivity contribution in [2.45, 2.75) is 60.3 Å². The molecule has 1 aliphatic carbocycles. The molecule has 1 aromatic rings. The molecule has 29 heavy (non-hydrogen) atoms. The van der Waals surface area contributed by atoms with Gasteiger partial charge in [0.1, 0.15) is 11.5 Å². The van der Waals surface area contributed by atoms with E-state index in [-0.39, 0.29) is 28.9 Å². The zero-order valence-corrected chi connectivity index (χ0v) is 18.6. The monoisotopic (exact) mass is 398 g/mol. The van der Waals surface area contributed by atoms with Gasteiger partial charge in [-0.05, 0) is 57.4 Å². The lowest BCUT2D eigenvalue weighted by Gasteiger charge is -2.33. The molecular weight excluding hydrogens is 368 g/mol. The van der Waals surface area contributed by atoms with Crippen LogP contribution >= 0.6 is 0 Å². The van der Waals surface area contributed by atoms with E-state index >= 15 is 0 Å². The van der Waals surface area contributed by atoms with Crippen LogP contribution in [0.15, 0.2) is 44.2 Å². The third-order valence-corrected chi connectivity index (χ3v) is 5.69. The Morgan fingerprint density at radius 2 is 1.86 bits per heavy atom. The number of hydrogen-bond acceptors (Lipinski definition) is 5. The largest absolute Gasteiger partial charge is 0.468 e. The second-order valence-corrected chi connectivity index (χ2v) is 7.91. The van der Waals surface area contributed by atoms with E-state index in [1.807, 2.05) is 39.8 Å². The van der Waals surface area contributed by atoms with E-state index < -0.39 is 5.41 Å². The smallest absolute Gasteiger partial charge is 0.291 e. The molecule has 1 aliphatic rings. The van der Waals surface area contributed by atoms with Crippen molar-refractivity contribution in [2.24, 2.45) is 5.92 Å². The number of Topliss-reactive ketones (excluding diaryl/α,β-unsaturated/α-hetero) is 1. The van der Waals surface area contributed by atoms with Crippen molar-refractivity contribution in [1.29, 1.82) is 0 Å². The second kappa shape index (κ2) is 8.36. The van der Waals surface area contributed by atoms with Crippen molar-refractivity contribution in [3.63, 3.8) is 0 Å². The molecule has 0 N–H and O–H groups in total. The molecule has 156 valence electrons. The Kier molecular flexibility index (Phi) is 6.51. The van der Waals surface area contributed by atoms with Crippen molar-refractivity contribution in [1.82, 2.24) is 0 Å². The van der Waals surface area contributed by atoms with E-state index in [1.165, 1.54) is 7.11 Å². The summed E-state index contributed by atoms with van der Waals surface area (Å²) >= 11 is 0. The molecule has 5 nitrogen and oxygen atoms in total. The van der Waals surface area contributed by atoms with E-state index in [0.717, 1.165) is 5.57 Å². The topological polar surface area (TPSA) is 73.6 Å². The summed E-state index contributed by atoms with van der Waals surface area (Å²) in [5.41, 5.74) is 1.97. The van der Waals surface area contributed by atoms with E-state index in [2.05, 4.69) is 0 Å². The summed E-state index contributed by atoms with van der Waals surface area (Å²) in [6.45, 7) is 12.6. The highest BCUT2D eigenvalue weighted by molar-refractivity contribution is 6.06. The maximum atomic E-state index is 12.8. The Morgan fingerprint density at radius 1 is 1.24 bits per heavy atom. The third-order valence-electron chi connectivity index (χ3n) is 5.69. The van der Waals surface area contributed by atoms with Crippen LogP contribution in [-0.4, -0.2) is 18.7 Å². The van der Waals surface area contributed by atoms with Crippen LogP contribution in [0.5, 0.6) is 5.95 Å². The van der Waals surface area contributed by atoms with E-state index in [0.29, 0.717) is 34.5 Å². The number of carbonyl (C=O) groups is 2. The lowest BCUT2D eigenvalue weighted by Crippen LogP contribution is -2.31. The van der Waals surface area contributed by atoms with Crippen LogP contribution in [-0.2, 0) is 15.0 Å². The van der Waals surface area contributed by atoms with Crippen LogP contribution in [0.3, 0.4) is 0 Å². The highest BCUT2D eigenvalue weighted by atomic mass is 16.6. The Labute approximate surface area is 172 Å². The average Bonchev–Trinajstić information content (AvgIpc) is 2.68. The summed E-state index contributed by atoms with van der Waals surface area (Å²) in [6.07, 6.45) is 5.73. The molecule has 5 heteroatoms. The summed E-state index contributed by atoms with van der Waals surface area (Å²) in [5.74, 6) is 0.354. The van der Waals surface area contributed by atoms with Gasteiger partial charge in [-0.15, -0.1) is 0 Å². The Bertz CT molecular complexity index is 1000. The van der Waals surface area contributed by atoms with Gasteiger partial charge in [0.2, 0.25) is 0 Å². The maximum absolute atomic E-state index is 12.8. The van der Waals surface area contributed by atoms with E-state index in [4.69, 9.17) is 9.15 Å². The van der Waals surface area contributed by atoms with Crippen LogP contribution < -0.4 is 10.2 Å². The standard InChI is InChI=1S/C24H30O5/c1-9-19(25)14(3)10-13(2)18-11-20(26)15(4)12-24(18,7)22-16(5)21(27)17(6)23(28-8)29-22/h10-12,14H,9H2,1-8H3/b13-10+/t14-,24?/m1/s1. The number of methoxy groups -OCH3 is 1. The molecule has 0 spiro atoms. The highest BCUT2D eigenvalue weighted by Gasteiger charge is 2.39. The molecule has 0 saturated heterocycles. The van der Waals surface area contributed by atoms with Crippen molar-refractivity contribution < 1.29 is 18.7 Å². The van der Waals surface area contributed by atoms with Gasteiger partial charge in [-0.2, -0.15) is 0 Å². The summed E-state index contributed by atoms with van der Waals surface area (Å²) in [6, 6.07) is 0. The van der Waals surface area contributed by atoms with Gasteiger partial charge in [0.25, 0.3) is 5.95 Å². The molecule has 1 aromatic heterocycles. The molecule has 2 rings (SSSR count). The summed E-state index contributed by atoms with van der Waals surface area (Å²) in [4.78, 5) is 37.3. The second-order valence-electron chi connectivity index (χ2n) is 7.91. The molecule has 0 aromatic carbocycles. The predicted molar refractivity (Wildman–Crippen MR) is 113 cm³/mol. The molecule has 2 atom stereocenters. The van der Waals surface area contributed by atoms with Gasteiger partial charge < -0.3 is 9.15 Å². The first kappa shape index (κ1) is 22.6. The summed E-state index contributed by atoms with van der Waals surface area (Å²) in [7, 11) is 1.46. The predicted octanol–water partition coefficient (Wildman–Crippen LogP) is 4.54. The molecule has 0 amide bonds. The quantitative estimate of drug-likeness (QED) is 0.703. The lowest BCUT2D eigenvalue weighted by molar-refractivity contribution is -0.120. The van der Waals surface area contributed by atoms with E-state index in [1.54, 1.807) is 26.8 Å². The van der Waals surface area contributed by atoms with Gasteiger partial charge in [-0.25, -0.2) is 0 Å². The molecule has 0 fully saturated rings. The van der Waals surface area contributed by atoms with Crippen LogP contribution in [0.4, 0.5) is 0 Å². The number of rotatable bonds is 6. The fourth-order valence-corrected chi connectivity index (χ4v) is 3.98. The molecule has 0 bridgehead atoms. The van der Waals surface area contributed by atoms with Crippen LogP contribution in [0.1, 0.15) is 57.9 Å². The number of hydrogen-bond donors (Lipinski definition) is 0. The van der Waals surface area contributed by atoms with Crippen molar-refractivity contribution in [3.8, 4) is 5.95 Å². The highest BCUT2D eigenvalue weighted by Crippen LogP contribution is 2.43. The van der Waals surface area contributed by atoms with Gasteiger partial charge >= 0.3 is 0 Å². The van der Waals surface area contributed by atoms with E-state index in [9.17, 15) is 14.4 Å². The minimum Gasteiger partial charge on any atom is -0.468 e. The number of ether oxygens (including phenoxy) is 1. The SMILES string of the molecule is CCC(=O)[C@H](C)/C=C(\C)C1=CC(=O)C(C)=CC1(C)c1oc(OC)c(C)c(=O)c1C. The molecule has 1 unspecified atom stereocenters. The minimum absolute atomic E-state index is 0.0984.